The van der Waals surface area contributed by atoms with E-state index in [2.05, 4.69) is 10.5 Å². The van der Waals surface area contributed by atoms with Crippen molar-refractivity contribution in [2.24, 2.45) is 0 Å². The van der Waals surface area contributed by atoms with Crippen LogP contribution in [-0.2, 0) is 0 Å². The number of aliphatic hydroxyl groups is 1. The first-order valence-electron chi connectivity index (χ1n) is 6.47. The molecule has 5 nitrogen and oxygen atoms in total. The van der Waals surface area contributed by atoms with Crippen molar-refractivity contribution in [2.75, 3.05) is 13.2 Å². The van der Waals surface area contributed by atoms with Crippen LogP contribution in [-0.4, -0.2) is 35.6 Å². The smallest absolute Gasteiger partial charge is 0.208 e. The van der Waals surface area contributed by atoms with Crippen molar-refractivity contribution in [2.45, 2.75) is 32.9 Å². The van der Waals surface area contributed by atoms with Crippen molar-refractivity contribution in [1.82, 2.24) is 10.5 Å². The van der Waals surface area contributed by atoms with Gasteiger partial charge >= 0.3 is 0 Å². The van der Waals surface area contributed by atoms with Crippen molar-refractivity contribution in [3.8, 4) is 5.75 Å². The second kappa shape index (κ2) is 6.04. The Morgan fingerprint density at radius 3 is 2.95 bits per heavy atom. The highest BCUT2D eigenvalue weighted by molar-refractivity contribution is 5.84. The topological polar surface area (TPSA) is 67.5 Å². The lowest BCUT2D eigenvalue weighted by Gasteiger charge is -2.14. The van der Waals surface area contributed by atoms with Crippen LogP contribution in [0.15, 0.2) is 22.7 Å². The first-order chi connectivity index (χ1) is 9.08. The maximum Gasteiger partial charge on any atom is 0.208 e. The molecule has 0 radical (unpaired) electrons. The fraction of sp³-hybridized carbons (Fsp3) is 0.500. The van der Waals surface area contributed by atoms with Crippen LogP contribution in [0.1, 0.15) is 19.5 Å². The van der Waals surface area contributed by atoms with E-state index in [0.29, 0.717) is 23.9 Å². The minimum absolute atomic E-state index is 0.221. The molecule has 0 saturated heterocycles. The van der Waals surface area contributed by atoms with Crippen LogP contribution in [0.4, 0.5) is 0 Å². The summed E-state index contributed by atoms with van der Waals surface area (Å²) in [6.07, 6.45) is -0.554. The molecule has 0 saturated carbocycles. The van der Waals surface area contributed by atoms with E-state index < -0.39 is 6.10 Å². The molecule has 0 amide bonds. The zero-order chi connectivity index (χ0) is 13.8. The standard InChI is InChI=1S/C14H20N2O3/c1-9(2)15-7-11(17)8-18-13-6-4-5-12-10(3)16-19-14(12)13/h4-6,9,11,15,17H,7-8H2,1-3H3. The Morgan fingerprint density at radius 1 is 1.42 bits per heavy atom. The number of aromatic nitrogens is 1. The Bertz CT molecular complexity index is 536. The summed E-state index contributed by atoms with van der Waals surface area (Å²) in [4.78, 5) is 0. The van der Waals surface area contributed by atoms with Crippen molar-refractivity contribution < 1.29 is 14.4 Å². The number of nitrogens with one attached hydrogen (secondary N) is 1. The third-order valence-corrected chi connectivity index (χ3v) is 2.84. The molecule has 2 N–H and O–H groups in total. The summed E-state index contributed by atoms with van der Waals surface area (Å²) in [5.41, 5.74) is 1.46. The lowest BCUT2D eigenvalue weighted by molar-refractivity contribution is 0.105. The second-order valence-electron chi connectivity index (χ2n) is 4.93. The first-order valence-corrected chi connectivity index (χ1v) is 6.47. The van der Waals surface area contributed by atoms with Gasteiger partial charge in [0.15, 0.2) is 5.75 Å². The molecule has 2 rings (SSSR count). The molecule has 1 unspecified atom stereocenters. The number of aryl methyl sites for hydroxylation is 1. The Kier molecular flexibility index (Phi) is 4.39. The zero-order valence-electron chi connectivity index (χ0n) is 11.5. The largest absolute Gasteiger partial charge is 0.487 e. The highest BCUT2D eigenvalue weighted by Crippen LogP contribution is 2.27. The summed E-state index contributed by atoms with van der Waals surface area (Å²) in [5, 5.41) is 17.8. The number of rotatable bonds is 6. The average Bonchev–Trinajstić information content (AvgIpc) is 2.76. The molecular formula is C14H20N2O3. The molecule has 19 heavy (non-hydrogen) atoms. The van der Waals surface area contributed by atoms with E-state index in [0.717, 1.165) is 11.1 Å². The van der Waals surface area contributed by atoms with Crippen LogP contribution in [0.25, 0.3) is 11.0 Å². The third-order valence-electron chi connectivity index (χ3n) is 2.84. The van der Waals surface area contributed by atoms with E-state index in [1.54, 1.807) is 0 Å². The van der Waals surface area contributed by atoms with Crippen LogP contribution in [0.5, 0.6) is 5.75 Å². The Morgan fingerprint density at radius 2 is 2.21 bits per heavy atom. The predicted molar refractivity (Wildman–Crippen MR) is 73.4 cm³/mol. The van der Waals surface area contributed by atoms with Crippen LogP contribution in [0.2, 0.25) is 0 Å². The van der Waals surface area contributed by atoms with Gasteiger partial charge in [-0.15, -0.1) is 0 Å². The van der Waals surface area contributed by atoms with Gasteiger partial charge in [0.05, 0.1) is 5.69 Å². The molecule has 2 aromatic rings. The molecule has 0 aliphatic rings. The third kappa shape index (κ3) is 3.45. The normalized spacial score (nSPS) is 13.1. The fourth-order valence-corrected chi connectivity index (χ4v) is 1.79. The van der Waals surface area contributed by atoms with Gasteiger partial charge in [-0.25, -0.2) is 0 Å². The van der Waals surface area contributed by atoms with Gasteiger partial charge in [-0.05, 0) is 19.1 Å². The van der Waals surface area contributed by atoms with Crippen LogP contribution in [0.3, 0.4) is 0 Å². The van der Waals surface area contributed by atoms with Gasteiger partial charge in [0.1, 0.15) is 12.7 Å². The van der Waals surface area contributed by atoms with E-state index in [1.807, 2.05) is 39.0 Å². The molecule has 0 aliphatic heterocycles. The SMILES string of the molecule is Cc1noc2c(OCC(O)CNC(C)C)cccc12. The lowest BCUT2D eigenvalue weighted by Crippen LogP contribution is -2.35. The van der Waals surface area contributed by atoms with Gasteiger partial charge in [-0.2, -0.15) is 0 Å². The van der Waals surface area contributed by atoms with E-state index in [9.17, 15) is 5.11 Å². The molecule has 1 heterocycles. The minimum Gasteiger partial charge on any atom is -0.487 e. The molecular weight excluding hydrogens is 244 g/mol. The second-order valence-corrected chi connectivity index (χ2v) is 4.93. The van der Waals surface area contributed by atoms with Gasteiger partial charge in [0.25, 0.3) is 0 Å². The summed E-state index contributed by atoms with van der Waals surface area (Å²) in [6, 6.07) is 5.98. The minimum atomic E-state index is -0.554. The zero-order valence-corrected chi connectivity index (χ0v) is 11.5. The van der Waals surface area contributed by atoms with Gasteiger partial charge in [-0.3, -0.25) is 0 Å². The number of hydrogen-bond acceptors (Lipinski definition) is 5. The summed E-state index contributed by atoms with van der Waals surface area (Å²) in [5.74, 6) is 0.613. The van der Waals surface area contributed by atoms with Crippen LogP contribution < -0.4 is 10.1 Å². The molecule has 1 aromatic heterocycles. The van der Waals surface area contributed by atoms with E-state index >= 15 is 0 Å². The van der Waals surface area contributed by atoms with Crippen molar-refractivity contribution in [1.29, 1.82) is 0 Å². The Balaban J connectivity index is 1.98. The highest BCUT2D eigenvalue weighted by atomic mass is 16.5. The predicted octanol–water partition coefficient (Wildman–Crippen LogP) is 1.87. The highest BCUT2D eigenvalue weighted by Gasteiger charge is 2.12. The van der Waals surface area contributed by atoms with Gasteiger partial charge in [-0.1, -0.05) is 25.1 Å². The summed E-state index contributed by atoms with van der Waals surface area (Å²) in [7, 11) is 0. The molecule has 5 heteroatoms. The molecule has 104 valence electrons. The average molecular weight is 264 g/mol. The summed E-state index contributed by atoms with van der Waals surface area (Å²) >= 11 is 0. The van der Waals surface area contributed by atoms with E-state index in [1.165, 1.54) is 0 Å². The first kappa shape index (κ1) is 13.8. The number of benzene rings is 1. The van der Waals surface area contributed by atoms with Crippen LogP contribution in [0, 0.1) is 6.92 Å². The van der Waals surface area contributed by atoms with Gasteiger partial charge in [0, 0.05) is 18.0 Å². The Hall–Kier alpha value is -1.59. The molecule has 0 fully saturated rings. The summed E-state index contributed by atoms with van der Waals surface area (Å²) in [6.45, 7) is 6.68. The number of aliphatic hydroxyl groups excluding tert-OH is 1. The van der Waals surface area contributed by atoms with E-state index in [-0.39, 0.29) is 6.61 Å². The molecule has 1 atom stereocenters. The molecule has 0 aliphatic carbocycles. The number of fused-ring (bicyclic) bond motifs is 1. The maximum absolute atomic E-state index is 9.80. The fourth-order valence-electron chi connectivity index (χ4n) is 1.79. The number of nitrogens with zero attached hydrogens (tertiary/aromatic N) is 1. The number of hydrogen-bond donors (Lipinski definition) is 2. The van der Waals surface area contributed by atoms with Crippen LogP contribution >= 0.6 is 0 Å². The van der Waals surface area contributed by atoms with Crippen molar-refractivity contribution in [3.63, 3.8) is 0 Å². The van der Waals surface area contributed by atoms with Gasteiger partial charge in [0.2, 0.25) is 5.58 Å². The van der Waals surface area contributed by atoms with Crippen molar-refractivity contribution >= 4 is 11.0 Å². The summed E-state index contributed by atoms with van der Waals surface area (Å²) < 4.78 is 10.8. The molecule has 0 bridgehead atoms. The maximum atomic E-state index is 9.80. The van der Waals surface area contributed by atoms with Gasteiger partial charge < -0.3 is 19.7 Å². The lowest BCUT2D eigenvalue weighted by atomic mass is 10.2. The Labute approximate surface area is 112 Å². The number of para-hydroxylation sites is 1. The van der Waals surface area contributed by atoms with E-state index in [4.69, 9.17) is 9.26 Å². The molecule has 0 spiro atoms. The number of ether oxygens (including phenoxy) is 1. The monoisotopic (exact) mass is 264 g/mol. The quantitative estimate of drug-likeness (QED) is 0.833. The molecule has 1 aromatic carbocycles. The van der Waals surface area contributed by atoms with Crippen molar-refractivity contribution in [3.05, 3.63) is 23.9 Å².